The smallest absolute Gasteiger partial charge is 0.0312 e. The SMILES string of the molecule is NC1CCCc2c1ccn2CCc1ccncc1. The predicted molar refractivity (Wildman–Crippen MR) is 72.2 cm³/mol. The number of aryl methyl sites for hydroxylation is 2. The van der Waals surface area contributed by atoms with Crippen molar-refractivity contribution >= 4 is 0 Å². The number of pyridine rings is 1. The van der Waals surface area contributed by atoms with Crippen LogP contribution in [-0.4, -0.2) is 9.55 Å². The summed E-state index contributed by atoms with van der Waals surface area (Å²) in [6, 6.07) is 6.62. The minimum atomic E-state index is 0.246. The van der Waals surface area contributed by atoms with Gasteiger partial charge < -0.3 is 10.3 Å². The second-order valence-electron chi connectivity index (χ2n) is 5.02. The van der Waals surface area contributed by atoms with Crippen molar-refractivity contribution in [3.8, 4) is 0 Å². The topological polar surface area (TPSA) is 43.8 Å². The van der Waals surface area contributed by atoms with Gasteiger partial charge in [0, 0.05) is 36.9 Å². The van der Waals surface area contributed by atoms with Crippen molar-refractivity contribution in [1.29, 1.82) is 0 Å². The van der Waals surface area contributed by atoms with Crippen molar-refractivity contribution in [2.24, 2.45) is 5.73 Å². The highest BCUT2D eigenvalue weighted by Crippen LogP contribution is 2.28. The number of hydrogen-bond acceptors (Lipinski definition) is 2. The summed E-state index contributed by atoms with van der Waals surface area (Å²) in [4.78, 5) is 4.05. The summed E-state index contributed by atoms with van der Waals surface area (Å²) in [6.45, 7) is 1.03. The van der Waals surface area contributed by atoms with E-state index in [1.165, 1.54) is 29.7 Å². The molecule has 2 aromatic rings. The lowest BCUT2D eigenvalue weighted by Gasteiger charge is -2.21. The van der Waals surface area contributed by atoms with Gasteiger partial charge in [-0.1, -0.05) is 0 Å². The summed E-state index contributed by atoms with van der Waals surface area (Å²) in [5, 5.41) is 0. The summed E-state index contributed by atoms with van der Waals surface area (Å²) in [5.41, 5.74) is 10.3. The number of rotatable bonds is 3. The monoisotopic (exact) mass is 241 g/mol. The molecule has 3 heteroatoms. The Bertz CT molecular complexity index is 516. The van der Waals surface area contributed by atoms with Crippen LogP contribution in [-0.2, 0) is 19.4 Å². The normalized spacial score (nSPS) is 18.6. The van der Waals surface area contributed by atoms with Crippen molar-refractivity contribution in [1.82, 2.24) is 9.55 Å². The Labute approximate surface area is 108 Å². The van der Waals surface area contributed by atoms with Crippen LogP contribution in [0.3, 0.4) is 0 Å². The average molecular weight is 241 g/mol. The Morgan fingerprint density at radius 1 is 1.28 bits per heavy atom. The molecule has 0 saturated heterocycles. The second-order valence-corrected chi connectivity index (χ2v) is 5.02. The van der Waals surface area contributed by atoms with Crippen molar-refractivity contribution in [3.05, 3.63) is 53.6 Å². The van der Waals surface area contributed by atoms with Crippen LogP contribution >= 0.6 is 0 Å². The van der Waals surface area contributed by atoms with Gasteiger partial charge in [0.15, 0.2) is 0 Å². The van der Waals surface area contributed by atoms with Crippen LogP contribution in [0, 0.1) is 0 Å². The van der Waals surface area contributed by atoms with E-state index in [1.807, 2.05) is 12.4 Å². The largest absolute Gasteiger partial charge is 0.351 e. The molecule has 0 saturated carbocycles. The molecule has 0 radical (unpaired) electrons. The molecule has 1 unspecified atom stereocenters. The molecule has 0 aliphatic heterocycles. The summed E-state index contributed by atoms with van der Waals surface area (Å²) in [5.74, 6) is 0. The highest BCUT2D eigenvalue weighted by molar-refractivity contribution is 5.28. The van der Waals surface area contributed by atoms with E-state index in [2.05, 4.69) is 33.9 Å². The van der Waals surface area contributed by atoms with Crippen LogP contribution in [0.2, 0.25) is 0 Å². The molecule has 18 heavy (non-hydrogen) atoms. The zero-order valence-corrected chi connectivity index (χ0v) is 10.5. The summed E-state index contributed by atoms with van der Waals surface area (Å²) >= 11 is 0. The molecule has 3 nitrogen and oxygen atoms in total. The lowest BCUT2D eigenvalue weighted by molar-refractivity contribution is 0.539. The molecule has 1 atom stereocenters. The Morgan fingerprint density at radius 3 is 2.94 bits per heavy atom. The molecule has 2 N–H and O–H groups in total. The summed E-state index contributed by atoms with van der Waals surface area (Å²) in [6.07, 6.45) is 10.5. The number of nitrogens with zero attached hydrogens (tertiary/aromatic N) is 2. The van der Waals surface area contributed by atoms with Gasteiger partial charge in [-0.05, 0) is 55.0 Å². The quantitative estimate of drug-likeness (QED) is 0.897. The zero-order valence-electron chi connectivity index (χ0n) is 10.5. The third-order valence-corrected chi connectivity index (χ3v) is 3.83. The molecular formula is C15H19N3. The van der Waals surface area contributed by atoms with Gasteiger partial charge in [-0.15, -0.1) is 0 Å². The van der Waals surface area contributed by atoms with E-state index < -0.39 is 0 Å². The van der Waals surface area contributed by atoms with E-state index in [0.717, 1.165) is 19.4 Å². The van der Waals surface area contributed by atoms with E-state index in [9.17, 15) is 0 Å². The van der Waals surface area contributed by atoms with E-state index in [1.54, 1.807) is 0 Å². The average Bonchev–Trinajstić information content (AvgIpc) is 2.82. The molecule has 0 bridgehead atoms. The van der Waals surface area contributed by atoms with Gasteiger partial charge in [-0.25, -0.2) is 0 Å². The number of hydrogen-bond donors (Lipinski definition) is 1. The minimum absolute atomic E-state index is 0.246. The van der Waals surface area contributed by atoms with Gasteiger partial charge in [-0.3, -0.25) is 4.98 Å². The van der Waals surface area contributed by atoms with Crippen LogP contribution in [0.15, 0.2) is 36.8 Å². The number of nitrogens with two attached hydrogens (primary N) is 1. The molecule has 0 fully saturated rings. The first-order valence-electron chi connectivity index (χ1n) is 6.67. The Morgan fingerprint density at radius 2 is 2.11 bits per heavy atom. The molecule has 0 aromatic carbocycles. The summed E-state index contributed by atoms with van der Waals surface area (Å²) in [7, 11) is 0. The Kier molecular flexibility index (Phi) is 3.15. The highest BCUT2D eigenvalue weighted by atomic mass is 15.0. The molecule has 0 amide bonds. The molecule has 1 aliphatic carbocycles. The first-order valence-corrected chi connectivity index (χ1v) is 6.67. The van der Waals surface area contributed by atoms with Crippen LogP contribution in [0.25, 0.3) is 0 Å². The van der Waals surface area contributed by atoms with Gasteiger partial charge in [0.25, 0.3) is 0 Å². The number of aromatic nitrogens is 2. The van der Waals surface area contributed by atoms with E-state index in [4.69, 9.17) is 5.73 Å². The molecule has 2 heterocycles. The third-order valence-electron chi connectivity index (χ3n) is 3.83. The molecule has 94 valence electrons. The molecule has 2 aromatic heterocycles. The van der Waals surface area contributed by atoms with Crippen molar-refractivity contribution in [3.63, 3.8) is 0 Å². The summed E-state index contributed by atoms with van der Waals surface area (Å²) < 4.78 is 2.37. The van der Waals surface area contributed by atoms with Gasteiger partial charge in [0.2, 0.25) is 0 Å². The second kappa shape index (κ2) is 4.94. The van der Waals surface area contributed by atoms with Crippen LogP contribution < -0.4 is 5.73 Å². The fourth-order valence-electron chi connectivity index (χ4n) is 2.80. The highest BCUT2D eigenvalue weighted by Gasteiger charge is 2.19. The fraction of sp³-hybridized carbons (Fsp3) is 0.400. The third kappa shape index (κ3) is 2.18. The van der Waals surface area contributed by atoms with Crippen molar-refractivity contribution in [2.45, 2.75) is 38.3 Å². The standard InChI is InChI=1S/C15H19N3/c16-14-2-1-3-15-13(14)7-11-18(15)10-6-12-4-8-17-9-5-12/h4-5,7-9,11,14H,1-3,6,10,16H2. The maximum absolute atomic E-state index is 6.15. The maximum Gasteiger partial charge on any atom is 0.0312 e. The van der Waals surface area contributed by atoms with E-state index in [-0.39, 0.29) is 6.04 Å². The van der Waals surface area contributed by atoms with Crippen molar-refractivity contribution < 1.29 is 0 Å². The molecule has 0 spiro atoms. The lowest BCUT2D eigenvalue weighted by Crippen LogP contribution is -2.18. The van der Waals surface area contributed by atoms with Gasteiger partial charge >= 0.3 is 0 Å². The molecule has 1 aliphatic rings. The minimum Gasteiger partial charge on any atom is -0.351 e. The fourth-order valence-corrected chi connectivity index (χ4v) is 2.80. The van der Waals surface area contributed by atoms with Gasteiger partial charge in [0.05, 0.1) is 0 Å². The predicted octanol–water partition coefficient (Wildman–Crippen LogP) is 2.46. The first-order chi connectivity index (χ1) is 8.84. The van der Waals surface area contributed by atoms with Crippen LogP contribution in [0.4, 0.5) is 0 Å². The zero-order chi connectivity index (χ0) is 12.4. The number of fused-ring (bicyclic) bond motifs is 1. The van der Waals surface area contributed by atoms with Crippen LogP contribution in [0.1, 0.15) is 35.7 Å². The maximum atomic E-state index is 6.15. The van der Waals surface area contributed by atoms with Gasteiger partial charge in [0.1, 0.15) is 0 Å². The molecule has 3 rings (SSSR count). The van der Waals surface area contributed by atoms with Crippen LogP contribution in [0.5, 0.6) is 0 Å². The lowest BCUT2D eigenvalue weighted by atomic mass is 9.93. The van der Waals surface area contributed by atoms with E-state index >= 15 is 0 Å². The Balaban J connectivity index is 1.74. The van der Waals surface area contributed by atoms with Gasteiger partial charge in [-0.2, -0.15) is 0 Å². The molecular weight excluding hydrogens is 222 g/mol. The van der Waals surface area contributed by atoms with E-state index in [0.29, 0.717) is 0 Å². The van der Waals surface area contributed by atoms with Crippen molar-refractivity contribution in [2.75, 3.05) is 0 Å². The first kappa shape index (κ1) is 11.5. The Hall–Kier alpha value is -1.61.